The molecule has 0 aromatic heterocycles. The van der Waals surface area contributed by atoms with Crippen molar-refractivity contribution < 1.29 is 4.79 Å². The van der Waals surface area contributed by atoms with Crippen LogP contribution in [0.1, 0.15) is 68.2 Å². The summed E-state index contributed by atoms with van der Waals surface area (Å²) in [5.41, 5.74) is 6.14. The van der Waals surface area contributed by atoms with Gasteiger partial charge in [-0.1, -0.05) is 74.4 Å². The fourth-order valence-corrected chi connectivity index (χ4v) is 3.53. The lowest BCUT2D eigenvalue weighted by Gasteiger charge is -2.36. The molecule has 1 rings (SSSR count). The minimum absolute atomic E-state index is 0.116. The van der Waals surface area contributed by atoms with Crippen LogP contribution in [0.4, 0.5) is 0 Å². The molecule has 1 atom stereocenters. The first-order valence-electron chi connectivity index (χ1n) is 10.6. The molecule has 0 radical (unpaired) electrons. The maximum absolute atomic E-state index is 12.1. The van der Waals surface area contributed by atoms with Gasteiger partial charge in [0, 0.05) is 11.8 Å². The SMILES string of the molecule is C/C=C\C(=C/C)NC(=O)\C=C(C)/C=C/C=C(C)/C=C/C1=C(C)C(C)CCC1(C)C. The highest BCUT2D eigenvalue weighted by molar-refractivity contribution is 5.90. The van der Waals surface area contributed by atoms with Crippen molar-refractivity contribution in [3.63, 3.8) is 0 Å². The van der Waals surface area contributed by atoms with Crippen molar-refractivity contribution in [3.05, 3.63) is 82.7 Å². The second-order valence-corrected chi connectivity index (χ2v) is 8.65. The van der Waals surface area contributed by atoms with E-state index in [4.69, 9.17) is 0 Å². The average Bonchev–Trinajstić information content (AvgIpc) is 2.64. The van der Waals surface area contributed by atoms with Crippen molar-refractivity contribution >= 4 is 5.91 Å². The Morgan fingerprint density at radius 3 is 2.41 bits per heavy atom. The van der Waals surface area contributed by atoms with Gasteiger partial charge in [0.05, 0.1) is 0 Å². The Kier molecular flexibility index (Phi) is 9.88. The predicted molar refractivity (Wildman–Crippen MR) is 127 cm³/mol. The van der Waals surface area contributed by atoms with Crippen LogP contribution in [0.2, 0.25) is 0 Å². The van der Waals surface area contributed by atoms with Gasteiger partial charge in [0.15, 0.2) is 0 Å². The Balaban J connectivity index is 2.79. The first kappa shape index (κ1) is 24.7. The second-order valence-electron chi connectivity index (χ2n) is 8.65. The van der Waals surface area contributed by atoms with Crippen LogP contribution >= 0.6 is 0 Å². The number of carbonyl (C=O) groups is 1. The van der Waals surface area contributed by atoms with Gasteiger partial charge in [0.1, 0.15) is 0 Å². The molecule has 0 fully saturated rings. The number of hydrogen-bond acceptors (Lipinski definition) is 1. The van der Waals surface area contributed by atoms with Crippen LogP contribution in [0.3, 0.4) is 0 Å². The molecule has 158 valence electrons. The molecule has 0 saturated heterocycles. The molecule has 0 aromatic rings. The Bertz CT molecular complexity index is 794. The highest BCUT2D eigenvalue weighted by atomic mass is 16.1. The maximum atomic E-state index is 12.1. The summed E-state index contributed by atoms with van der Waals surface area (Å²) in [4.78, 5) is 12.1. The molecule has 1 aliphatic rings. The first-order valence-corrected chi connectivity index (χ1v) is 10.6. The minimum atomic E-state index is -0.116. The van der Waals surface area contributed by atoms with Crippen LogP contribution < -0.4 is 5.32 Å². The molecule has 1 amide bonds. The number of nitrogens with one attached hydrogen (secondary N) is 1. The summed E-state index contributed by atoms with van der Waals surface area (Å²) >= 11 is 0. The van der Waals surface area contributed by atoms with Crippen molar-refractivity contribution in [1.82, 2.24) is 5.32 Å². The van der Waals surface area contributed by atoms with Gasteiger partial charge in [-0.25, -0.2) is 0 Å². The van der Waals surface area contributed by atoms with E-state index in [1.165, 1.54) is 29.6 Å². The Labute approximate surface area is 178 Å². The average molecular weight is 394 g/mol. The van der Waals surface area contributed by atoms with E-state index in [1.807, 2.05) is 51.2 Å². The van der Waals surface area contributed by atoms with Gasteiger partial charge >= 0.3 is 0 Å². The van der Waals surface area contributed by atoms with Gasteiger partial charge < -0.3 is 5.32 Å². The quantitative estimate of drug-likeness (QED) is 0.355. The lowest BCUT2D eigenvalue weighted by molar-refractivity contribution is -0.115. The van der Waals surface area contributed by atoms with Gasteiger partial charge in [-0.3, -0.25) is 4.79 Å². The largest absolute Gasteiger partial charge is 0.323 e. The molecule has 0 heterocycles. The zero-order chi connectivity index (χ0) is 22.0. The van der Waals surface area contributed by atoms with E-state index in [2.05, 4.69) is 58.2 Å². The van der Waals surface area contributed by atoms with Crippen molar-refractivity contribution in [3.8, 4) is 0 Å². The van der Waals surface area contributed by atoms with Crippen LogP contribution in [0.25, 0.3) is 0 Å². The summed E-state index contributed by atoms with van der Waals surface area (Å²) in [6.45, 7) is 17.2. The second kappa shape index (κ2) is 11.6. The van der Waals surface area contributed by atoms with E-state index in [1.54, 1.807) is 6.08 Å². The molecule has 0 saturated carbocycles. The number of allylic oxidation sites excluding steroid dienone is 12. The van der Waals surface area contributed by atoms with Gasteiger partial charge in [-0.2, -0.15) is 0 Å². The van der Waals surface area contributed by atoms with Gasteiger partial charge in [-0.05, 0) is 76.0 Å². The molecule has 1 unspecified atom stereocenters. The van der Waals surface area contributed by atoms with E-state index in [-0.39, 0.29) is 11.3 Å². The molecule has 0 bridgehead atoms. The smallest absolute Gasteiger partial charge is 0.248 e. The Morgan fingerprint density at radius 2 is 1.79 bits per heavy atom. The number of rotatable bonds is 7. The number of carbonyl (C=O) groups excluding carboxylic acids is 1. The van der Waals surface area contributed by atoms with Crippen molar-refractivity contribution in [2.75, 3.05) is 0 Å². The van der Waals surface area contributed by atoms with E-state index < -0.39 is 0 Å². The zero-order valence-electron chi connectivity index (χ0n) is 19.6. The Hall–Kier alpha value is -2.35. The summed E-state index contributed by atoms with van der Waals surface area (Å²) in [7, 11) is 0. The van der Waals surface area contributed by atoms with E-state index in [0.717, 1.165) is 11.3 Å². The molecular formula is C27H39NO. The fourth-order valence-electron chi connectivity index (χ4n) is 3.53. The summed E-state index contributed by atoms with van der Waals surface area (Å²) in [5.74, 6) is 0.552. The number of amides is 1. The highest BCUT2D eigenvalue weighted by Crippen LogP contribution is 2.43. The molecule has 0 spiro atoms. The normalized spacial score (nSPS) is 21.7. The standard InChI is InChI=1S/C27H39NO/c1-9-12-24(10-2)28-26(29)19-21(4)14-11-13-20(3)15-16-25-23(6)22(5)17-18-27(25,7)8/h9-16,19,22H,17-18H2,1-8H3,(H,28,29)/b12-9-,14-11+,16-15+,20-13+,21-19-,24-10+. The first-order chi connectivity index (χ1) is 13.6. The summed E-state index contributed by atoms with van der Waals surface area (Å²) < 4.78 is 0. The highest BCUT2D eigenvalue weighted by Gasteiger charge is 2.29. The summed E-state index contributed by atoms with van der Waals surface area (Å²) in [6, 6.07) is 0. The van der Waals surface area contributed by atoms with Crippen molar-refractivity contribution in [2.45, 2.75) is 68.2 Å². The van der Waals surface area contributed by atoms with E-state index >= 15 is 0 Å². The zero-order valence-corrected chi connectivity index (χ0v) is 19.6. The third kappa shape index (κ3) is 8.27. The topological polar surface area (TPSA) is 29.1 Å². The summed E-state index contributed by atoms with van der Waals surface area (Å²) in [6.07, 6.45) is 20.3. The van der Waals surface area contributed by atoms with Crippen LogP contribution in [-0.2, 0) is 4.79 Å². The minimum Gasteiger partial charge on any atom is -0.323 e. The molecule has 2 nitrogen and oxygen atoms in total. The molecular weight excluding hydrogens is 354 g/mol. The third-order valence-electron chi connectivity index (χ3n) is 5.61. The molecule has 1 N–H and O–H groups in total. The van der Waals surface area contributed by atoms with Gasteiger partial charge in [0.2, 0.25) is 5.91 Å². The van der Waals surface area contributed by atoms with E-state index in [0.29, 0.717) is 5.92 Å². The van der Waals surface area contributed by atoms with E-state index in [9.17, 15) is 4.79 Å². The fraction of sp³-hybridized carbons (Fsp3) is 0.444. The van der Waals surface area contributed by atoms with Gasteiger partial charge in [0.25, 0.3) is 0 Å². The summed E-state index contributed by atoms with van der Waals surface area (Å²) in [5, 5.41) is 2.86. The maximum Gasteiger partial charge on any atom is 0.248 e. The van der Waals surface area contributed by atoms with Crippen LogP contribution in [0.15, 0.2) is 82.7 Å². The van der Waals surface area contributed by atoms with Gasteiger partial charge in [-0.15, -0.1) is 0 Å². The van der Waals surface area contributed by atoms with Crippen molar-refractivity contribution in [2.24, 2.45) is 11.3 Å². The van der Waals surface area contributed by atoms with Crippen LogP contribution in [-0.4, -0.2) is 5.91 Å². The predicted octanol–water partition coefficient (Wildman–Crippen LogP) is 7.36. The van der Waals surface area contributed by atoms with Crippen molar-refractivity contribution in [1.29, 1.82) is 0 Å². The monoisotopic (exact) mass is 393 g/mol. The number of hydrogen-bond donors (Lipinski definition) is 1. The lowest BCUT2D eigenvalue weighted by Crippen LogP contribution is -2.23. The molecule has 29 heavy (non-hydrogen) atoms. The lowest BCUT2D eigenvalue weighted by atomic mass is 9.69. The molecule has 0 aliphatic heterocycles. The third-order valence-corrected chi connectivity index (χ3v) is 5.61. The van der Waals surface area contributed by atoms with Crippen LogP contribution in [0, 0.1) is 11.3 Å². The van der Waals surface area contributed by atoms with Crippen LogP contribution in [0.5, 0.6) is 0 Å². The molecule has 1 aliphatic carbocycles. The Morgan fingerprint density at radius 1 is 1.10 bits per heavy atom. The molecule has 2 heteroatoms. The molecule has 0 aromatic carbocycles.